The maximum Gasteiger partial charge on any atom is 0.271 e. The summed E-state index contributed by atoms with van der Waals surface area (Å²) >= 11 is 0. The van der Waals surface area contributed by atoms with Crippen LogP contribution in [0, 0.1) is 6.92 Å². The van der Waals surface area contributed by atoms with Gasteiger partial charge in [0.2, 0.25) is 0 Å². The van der Waals surface area contributed by atoms with Gasteiger partial charge < -0.3 is 4.98 Å². The Bertz CT molecular complexity index is 958. The third-order valence-electron chi connectivity index (χ3n) is 3.43. The van der Waals surface area contributed by atoms with E-state index in [4.69, 9.17) is 0 Å². The number of amides is 1. The van der Waals surface area contributed by atoms with Crippen LogP contribution in [-0.2, 0) is 0 Å². The molecular formula is C18H15N3O2. The molecule has 23 heavy (non-hydrogen) atoms. The van der Waals surface area contributed by atoms with E-state index in [1.54, 1.807) is 18.2 Å². The van der Waals surface area contributed by atoms with E-state index in [-0.39, 0.29) is 11.5 Å². The van der Waals surface area contributed by atoms with E-state index in [1.807, 2.05) is 43.3 Å². The number of benzene rings is 2. The Morgan fingerprint density at radius 1 is 1.13 bits per heavy atom. The molecule has 0 radical (unpaired) electrons. The van der Waals surface area contributed by atoms with Crippen LogP contribution >= 0.6 is 0 Å². The highest BCUT2D eigenvalue weighted by atomic mass is 16.2. The number of carbonyl (C=O) groups excluding carboxylic acids is 1. The van der Waals surface area contributed by atoms with Gasteiger partial charge in [0.25, 0.3) is 11.5 Å². The van der Waals surface area contributed by atoms with Crippen LogP contribution in [0.4, 0.5) is 0 Å². The minimum atomic E-state index is -0.317. The molecular weight excluding hydrogens is 290 g/mol. The first-order valence-corrected chi connectivity index (χ1v) is 7.15. The molecule has 1 amide bonds. The topological polar surface area (TPSA) is 74.3 Å². The second kappa shape index (κ2) is 6.27. The highest BCUT2D eigenvalue weighted by molar-refractivity contribution is 5.95. The van der Waals surface area contributed by atoms with Gasteiger partial charge in [0, 0.05) is 11.1 Å². The van der Waals surface area contributed by atoms with Crippen LogP contribution in [0.1, 0.15) is 21.5 Å². The number of rotatable bonds is 3. The Kier molecular flexibility index (Phi) is 4.01. The zero-order chi connectivity index (χ0) is 16.2. The molecule has 3 aromatic rings. The van der Waals surface area contributed by atoms with Gasteiger partial charge in [0.05, 0.1) is 11.8 Å². The van der Waals surface area contributed by atoms with Crippen molar-refractivity contribution in [1.82, 2.24) is 10.4 Å². The molecule has 3 rings (SSSR count). The summed E-state index contributed by atoms with van der Waals surface area (Å²) in [6.07, 6.45) is 1.35. The number of fused-ring (bicyclic) bond motifs is 1. The standard InChI is InChI=1S/C18H15N3O2/c1-12-5-4-7-14(9-12)18(23)21-19-11-15-10-13-6-2-3-8-16(13)20-17(15)22/h2-11H,1H3,(H,20,22)(H,21,23)/b19-11-. The van der Waals surface area contributed by atoms with Crippen LogP contribution in [0.5, 0.6) is 0 Å². The Morgan fingerprint density at radius 2 is 1.96 bits per heavy atom. The number of aromatic nitrogens is 1. The van der Waals surface area contributed by atoms with Crippen LogP contribution < -0.4 is 11.0 Å². The summed E-state index contributed by atoms with van der Waals surface area (Å²) in [5.74, 6) is -0.317. The third-order valence-corrected chi connectivity index (χ3v) is 3.43. The summed E-state index contributed by atoms with van der Waals surface area (Å²) in [7, 11) is 0. The maximum absolute atomic E-state index is 12.0. The van der Waals surface area contributed by atoms with Gasteiger partial charge in [-0.3, -0.25) is 9.59 Å². The molecule has 1 aromatic heterocycles. The highest BCUT2D eigenvalue weighted by Crippen LogP contribution is 2.09. The molecule has 0 unspecified atom stereocenters. The second-order valence-corrected chi connectivity index (χ2v) is 5.21. The Balaban J connectivity index is 1.79. The average Bonchev–Trinajstić information content (AvgIpc) is 2.55. The lowest BCUT2D eigenvalue weighted by Gasteiger charge is -2.01. The number of H-pyrrole nitrogens is 1. The lowest BCUT2D eigenvalue weighted by molar-refractivity contribution is 0.0955. The van der Waals surface area contributed by atoms with E-state index in [9.17, 15) is 9.59 Å². The quantitative estimate of drug-likeness (QED) is 0.576. The number of para-hydroxylation sites is 1. The van der Waals surface area contributed by atoms with Gasteiger partial charge in [-0.05, 0) is 36.6 Å². The Hall–Kier alpha value is -3.21. The van der Waals surface area contributed by atoms with E-state index < -0.39 is 0 Å². The van der Waals surface area contributed by atoms with Gasteiger partial charge in [0.15, 0.2) is 0 Å². The number of nitrogens with zero attached hydrogens (tertiary/aromatic N) is 1. The zero-order valence-corrected chi connectivity index (χ0v) is 12.5. The van der Waals surface area contributed by atoms with E-state index >= 15 is 0 Å². The molecule has 5 heteroatoms. The van der Waals surface area contributed by atoms with Crippen molar-refractivity contribution >= 4 is 23.0 Å². The van der Waals surface area contributed by atoms with E-state index in [0.717, 1.165) is 16.5 Å². The molecule has 0 aliphatic heterocycles. The monoisotopic (exact) mass is 305 g/mol. The number of carbonyl (C=O) groups is 1. The van der Waals surface area contributed by atoms with Crippen LogP contribution in [0.3, 0.4) is 0 Å². The second-order valence-electron chi connectivity index (χ2n) is 5.21. The fraction of sp³-hybridized carbons (Fsp3) is 0.0556. The summed E-state index contributed by atoms with van der Waals surface area (Å²) < 4.78 is 0. The first kappa shape index (κ1) is 14.7. The van der Waals surface area contributed by atoms with E-state index in [0.29, 0.717) is 11.1 Å². The summed E-state index contributed by atoms with van der Waals surface area (Å²) in [5.41, 5.74) is 4.84. The van der Waals surface area contributed by atoms with Crippen molar-refractivity contribution in [3.63, 3.8) is 0 Å². The molecule has 1 heterocycles. The molecule has 0 atom stereocenters. The van der Waals surface area contributed by atoms with Crippen LogP contribution in [0.15, 0.2) is 64.5 Å². The van der Waals surface area contributed by atoms with Crippen molar-refractivity contribution in [3.05, 3.63) is 81.6 Å². The summed E-state index contributed by atoms with van der Waals surface area (Å²) in [4.78, 5) is 26.7. The van der Waals surface area contributed by atoms with Gasteiger partial charge >= 0.3 is 0 Å². The number of hydrogen-bond donors (Lipinski definition) is 2. The molecule has 5 nitrogen and oxygen atoms in total. The van der Waals surface area contributed by atoms with Crippen LogP contribution in [0.25, 0.3) is 10.9 Å². The molecule has 0 saturated heterocycles. The number of hydrogen-bond acceptors (Lipinski definition) is 3. The number of aromatic amines is 1. The van der Waals surface area contributed by atoms with E-state index in [1.165, 1.54) is 6.21 Å². The summed E-state index contributed by atoms with van der Waals surface area (Å²) in [5, 5.41) is 4.77. The zero-order valence-electron chi connectivity index (χ0n) is 12.5. The molecule has 0 aliphatic rings. The number of aryl methyl sites for hydroxylation is 1. The lowest BCUT2D eigenvalue weighted by atomic mass is 10.1. The average molecular weight is 305 g/mol. The van der Waals surface area contributed by atoms with Crippen LogP contribution in [-0.4, -0.2) is 17.1 Å². The van der Waals surface area contributed by atoms with Crippen molar-refractivity contribution in [1.29, 1.82) is 0 Å². The highest BCUT2D eigenvalue weighted by Gasteiger charge is 2.04. The SMILES string of the molecule is Cc1cccc(C(=O)N/N=C\c2cc3ccccc3[nH]c2=O)c1. The largest absolute Gasteiger partial charge is 0.321 e. The fourth-order valence-electron chi connectivity index (χ4n) is 2.27. The molecule has 0 bridgehead atoms. The minimum Gasteiger partial charge on any atom is -0.321 e. The van der Waals surface area contributed by atoms with Gasteiger partial charge in [-0.1, -0.05) is 35.9 Å². The fourth-order valence-corrected chi connectivity index (χ4v) is 2.27. The van der Waals surface area contributed by atoms with Crippen molar-refractivity contribution in [2.75, 3.05) is 0 Å². The third kappa shape index (κ3) is 3.35. The predicted octanol–water partition coefficient (Wildman–Crippen LogP) is 2.60. The molecule has 2 N–H and O–H groups in total. The number of nitrogens with one attached hydrogen (secondary N) is 2. The summed E-state index contributed by atoms with van der Waals surface area (Å²) in [6, 6.07) is 16.4. The smallest absolute Gasteiger partial charge is 0.271 e. The molecule has 0 spiro atoms. The van der Waals surface area contributed by atoms with Gasteiger partial charge in [-0.15, -0.1) is 0 Å². The lowest BCUT2D eigenvalue weighted by Crippen LogP contribution is -2.19. The van der Waals surface area contributed by atoms with Crippen molar-refractivity contribution in [2.45, 2.75) is 6.92 Å². The Labute approximate surface area is 132 Å². The van der Waals surface area contributed by atoms with Crippen molar-refractivity contribution in [2.24, 2.45) is 5.10 Å². The van der Waals surface area contributed by atoms with Gasteiger partial charge in [0.1, 0.15) is 0 Å². The maximum atomic E-state index is 12.0. The Morgan fingerprint density at radius 3 is 2.78 bits per heavy atom. The first-order chi connectivity index (χ1) is 11.1. The summed E-state index contributed by atoms with van der Waals surface area (Å²) in [6.45, 7) is 1.91. The molecule has 2 aromatic carbocycles. The molecule has 0 fully saturated rings. The predicted molar refractivity (Wildman–Crippen MR) is 90.8 cm³/mol. The number of hydrazone groups is 1. The van der Waals surface area contributed by atoms with Gasteiger partial charge in [-0.25, -0.2) is 5.43 Å². The van der Waals surface area contributed by atoms with E-state index in [2.05, 4.69) is 15.5 Å². The first-order valence-electron chi connectivity index (χ1n) is 7.15. The van der Waals surface area contributed by atoms with Gasteiger partial charge in [-0.2, -0.15) is 5.10 Å². The van der Waals surface area contributed by atoms with Crippen molar-refractivity contribution in [3.8, 4) is 0 Å². The van der Waals surface area contributed by atoms with Crippen molar-refractivity contribution < 1.29 is 4.79 Å². The molecule has 0 aliphatic carbocycles. The molecule has 0 saturated carbocycles. The number of pyridine rings is 1. The van der Waals surface area contributed by atoms with Crippen LogP contribution in [0.2, 0.25) is 0 Å². The minimum absolute atomic E-state index is 0.253. The molecule has 114 valence electrons. The normalized spacial score (nSPS) is 11.0.